The summed E-state index contributed by atoms with van der Waals surface area (Å²) >= 11 is 0. The number of rotatable bonds is 2. The summed E-state index contributed by atoms with van der Waals surface area (Å²) in [6, 6.07) is 8.55. The van der Waals surface area contributed by atoms with E-state index < -0.39 is 0 Å². The van der Waals surface area contributed by atoms with Gasteiger partial charge in [0.2, 0.25) is 0 Å². The molecule has 3 heteroatoms. The third kappa shape index (κ3) is 1.81. The molecule has 2 rings (SSSR count). The van der Waals surface area contributed by atoms with E-state index in [1.165, 1.54) is 5.56 Å². The number of aromatic nitrogens is 2. The van der Waals surface area contributed by atoms with Crippen LogP contribution >= 0.6 is 0 Å². The van der Waals surface area contributed by atoms with Crippen molar-refractivity contribution in [2.45, 2.75) is 19.8 Å². The molecule has 16 heavy (non-hydrogen) atoms. The SMILES string of the molecule is CC(C)c1ccc(-c2cnc(N)n2C)cc1. The normalized spacial score (nSPS) is 11.0. The maximum absolute atomic E-state index is 5.71. The first-order valence-electron chi connectivity index (χ1n) is 5.47. The van der Waals surface area contributed by atoms with Crippen LogP contribution in [0.3, 0.4) is 0 Å². The molecule has 0 bridgehead atoms. The van der Waals surface area contributed by atoms with Gasteiger partial charge < -0.3 is 10.3 Å². The Hall–Kier alpha value is -1.77. The lowest BCUT2D eigenvalue weighted by molar-refractivity contribution is 0.866. The first-order valence-corrected chi connectivity index (χ1v) is 5.47. The van der Waals surface area contributed by atoms with Crippen molar-refractivity contribution in [3.05, 3.63) is 36.0 Å². The summed E-state index contributed by atoms with van der Waals surface area (Å²) in [5.74, 6) is 1.11. The standard InChI is InChI=1S/C13H17N3/c1-9(2)10-4-6-11(7-5-10)12-8-15-13(14)16(12)3/h4-9H,1-3H3,(H2,14,15). The Balaban J connectivity index is 2.38. The molecule has 0 aliphatic carbocycles. The molecule has 1 heterocycles. The molecule has 3 nitrogen and oxygen atoms in total. The van der Waals surface area contributed by atoms with Gasteiger partial charge >= 0.3 is 0 Å². The molecule has 1 aromatic heterocycles. The Morgan fingerprint density at radius 2 is 1.81 bits per heavy atom. The average Bonchev–Trinajstić information content (AvgIpc) is 2.60. The van der Waals surface area contributed by atoms with E-state index in [9.17, 15) is 0 Å². The molecule has 0 spiro atoms. The fraction of sp³-hybridized carbons (Fsp3) is 0.308. The van der Waals surface area contributed by atoms with Gasteiger partial charge in [-0.15, -0.1) is 0 Å². The minimum atomic E-state index is 0.544. The average molecular weight is 215 g/mol. The minimum absolute atomic E-state index is 0.544. The van der Waals surface area contributed by atoms with Crippen LogP contribution in [0, 0.1) is 0 Å². The highest BCUT2D eigenvalue weighted by Gasteiger charge is 2.06. The summed E-state index contributed by atoms with van der Waals surface area (Å²) in [5, 5.41) is 0. The topological polar surface area (TPSA) is 43.8 Å². The molecule has 0 saturated heterocycles. The van der Waals surface area contributed by atoms with Crippen molar-refractivity contribution in [1.82, 2.24) is 9.55 Å². The van der Waals surface area contributed by atoms with E-state index >= 15 is 0 Å². The summed E-state index contributed by atoms with van der Waals surface area (Å²) in [6.07, 6.45) is 1.81. The fourth-order valence-electron chi connectivity index (χ4n) is 1.73. The van der Waals surface area contributed by atoms with Crippen LogP contribution in [0.4, 0.5) is 5.95 Å². The third-order valence-corrected chi connectivity index (χ3v) is 2.90. The lowest BCUT2D eigenvalue weighted by atomic mass is 10.0. The largest absolute Gasteiger partial charge is 0.369 e. The first-order chi connectivity index (χ1) is 7.59. The second kappa shape index (κ2) is 4.00. The number of anilines is 1. The molecule has 1 aromatic carbocycles. The first kappa shape index (κ1) is 10.7. The van der Waals surface area contributed by atoms with Gasteiger partial charge in [-0.2, -0.15) is 0 Å². The molecule has 2 N–H and O–H groups in total. The van der Waals surface area contributed by atoms with Crippen LogP contribution in [-0.2, 0) is 7.05 Å². The van der Waals surface area contributed by atoms with Gasteiger partial charge in [0.05, 0.1) is 11.9 Å². The molecule has 2 aromatic rings. The van der Waals surface area contributed by atoms with Gasteiger partial charge in [-0.25, -0.2) is 4.98 Å². The van der Waals surface area contributed by atoms with Crippen LogP contribution in [0.2, 0.25) is 0 Å². The van der Waals surface area contributed by atoms with Gasteiger partial charge in [-0.05, 0) is 17.0 Å². The van der Waals surface area contributed by atoms with Crippen molar-refractivity contribution in [3.8, 4) is 11.3 Å². The zero-order valence-electron chi connectivity index (χ0n) is 9.94. The van der Waals surface area contributed by atoms with Gasteiger partial charge in [0.1, 0.15) is 0 Å². The summed E-state index contributed by atoms with van der Waals surface area (Å²) in [5.41, 5.74) is 9.25. The quantitative estimate of drug-likeness (QED) is 0.837. The van der Waals surface area contributed by atoms with E-state index in [0.29, 0.717) is 11.9 Å². The maximum atomic E-state index is 5.71. The third-order valence-electron chi connectivity index (χ3n) is 2.90. The monoisotopic (exact) mass is 215 g/mol. The maximum Gasteiger partial charge on any atom is 0.200 e. The summed E-state index contributed by atoms with van der Waals surface area (Å²) < 4.78 is 1.89. The highest BCUT2D eigenvalue weighted by Crippen LogP contribution is 2.23. The molecule has 0 aliphatic rings. The van der Waals surface area contributed by atoms with Crippen molar-refractivity contribution in [2.24, 2.45) is 7.05 Å². The second-order valence-corrected chi connectivity index (χ2v) is 4.34. The fourth-order valence-corrected chi connectivity index (χ4v) is 1.73. The molecular formula is C13H17N3. The van der Waals surface area contributed by atoms with E-state index in [2.05, 4.69) is 43.1 Å². The molecule has 0 saturated carbocycles. The Bertz CT molecular complexity index is 480. The minimum Gasteiger partial charge on any atom is -0.369 e. The number of imidazole rings is 1. The number of benzene rings is 1. The molecule has 0 radical (unpaired) electrons. The molecular weight excluding hydrogens is 198 g/mol. The lowest BCUT2D eigenvalue weighted by Gasteiger charge is -2.07. The van der Waals surface area contributed by atoms with E-state index in [4.69, 9.17) is 5.73 Å². The molecule has 84 valence electrons. The molecule has 0 atom stereocenters. The Morgan fingerprint density at radius 3 is 2.25 bits per heavy atom. The van der Waals surface area contributed by atoms with E-state index in [-0.39, 0.29) is 0 Å². The van der Waals surface area contributed by atoms with Gasteiger partial charge in [-0.3, -0.25) is 0 Å². The van der Waals surface area contributed by atoms with E-state index in [0.717, 1.165) is 11.3 Å². The van der Waals surface area contributed by atoms with Gasteiger partial charge in [0.15, 0.2) is 5.95 Å². The van der Waals surface area contributed by atoms with Crippen LogP contribution in [0.5, 0.6) is 0 Å². The van der Waals surface area contributed by atoms with Crippen molar-refractivity contribution in [2.75, 3.05) is 5.73 Å². The van der Waals surface area contributed by atoms with Crippen LogP contribution in [0.25, 0.3) is 11.3 Å². The van der Waals surface area contributed by atoms with Crippen LogP contribution in [0.15, 0.2) is 30.5 Å². The molecule has 0 unspecified atom stereocenters. The van der Waals surface area contributed by atoms with E-state index in [1.807, 2.05) is 11.6 Å². The second-order valence-electron chi connectivity index (χ2n) is 4.34. The summed E-state index contributed by atoms with van der Waals surface area (Å²) in [6.45, 7) is 4.38. The predicted molar refractivity (Wildman–Crippen MR) is 67.1 cm³/mol. The van der Waals surface area contributed by atoms with Gasteiger partial charge in [-0.1, -0.05) is 38.1 Å². The van der Waals surface area contributed by atoms with E-state index in [1.54, 1.807) is 6.20 Å². The molecule has 0 aliphatic heterocycles. The van der Waals surface area contributed by atoms with Crippen molar-refractivity contribution < 1.29 is 0 Å². The summed E-state index contributed by atoms with van der Waals surface area (Å²) in [4.78, 5) is 4.09. The number of nitrogens with two attached hydrogens (primary N) is 1. The zero-order valence-corrected chi connectivity index (χ0v) is 9.94. The lowest BCUT2D eigenvalue weighted by Crippen LogP contribution is -1.98. The number of nitrogen functional groups attached to an aromatic ring is 1. The van der Waals surface area contributed by atoms with Crippen molar-refractivity contribution in [3.63, 3.8) is 0 Å². The Morgan fingerprint density at radius 1 is 1.19 bits per heavy atom. The zero-order chi connectivity index (χ0) is 11.7. The highest BCUT2D eigenvalue weighted by atomic mass is 15.1. The summed E-state index contributed by atoms with van der Waals surface area (Å²) in [7, 11) is 1.92. The Labute approximate surface area is 95.9 Å². The van der Waals surface area contributed by atoms with Crippen molar-refractivity contribution >= 4 is 5.95 Å². The molecule has 0 amide bonds. The highest BCUT2D eigenvalue weighted by molar-refractivity contribution is 5.61. The molecule has 0 fully saturated rings. The number of hydrogen-bond donors (Lipinski definition) is 1. The van der Waals surface area contributed by atoms with Gasteiger partial charge in [0, 0.05) is 7.05 Å². The van der Waals surface area contributed by atoms with Gasteiger partial charge in [0.25, 0.3) is 0 Å². The van der Waals surface area contributed by atoms with Crippen LogP contribution < -0.4 is 5.73 Å². The smallest absolute Gasteiger partial charge is 0.200 e. The Kier molecular flexibility index (Phi) is 2.69. The number of nitrogens with zero attached hydrogens (tertiary/aromatic N) is 2. The van der Waals surface area contributed by atoms with Crippen LogP contribution in [0.1, 0.15) is 25.3 Å². The van der Waals surface area contributed by atoms with Crippen LogP contribution in [-0.4, -0.2) is 9.55 Å². The predicted octanol–water partition coefficient (Wildman–Crippen LogP) is 2.79. The number of hydrogen-bond acceptors (Lipinski definition) is 2. The van der Waals surface area contributed by atoms with Crippen molar-refractivity contribution in [1.29, 1.82) is 0 Å².